The van der Waals surface area contributed by atoms with E-state index in [0.717, 1.165) is 33.9 Å². The summed E-state index contributed by atoms with van der Waals surface area (Å²) in [6, 6.07) is 43.7. The van der Waals surface area contributed by atoms with Gasteiger partial charge in [-0.2, -0.15) is 0 Å². The van der Waals surface area contributed by atoms with Gasteiger partial charge in [-0.3, -0.25) is 0 Å². The van der Waals surface area contributed by atoms with Crippen molar-refractivity contribution in [3.63, 3.8) is 0 Å². The van der Waals surface area contributed by atoms with Crippen LogP contribution in [-0.4, -0.2) is 4.57 Å². The van der Waals surface area contributed by atoms with E-state index in [2.05, 4.69) is 108 Å². The molecule has 5 aromatic carbocycles. The maximum Gasteiger partial charge on any atom is 0.135 e. The lowest BCUT2D eigenvalue weighted by Crippen LogP contribution is -1.92. The highest BCUT2D eigenvalue weighted by Gasteiger charge is 2.12. The molecule has 0 saturated heterocycles. The Morgan fingerprint density at radius 3 is 2.16 bits per heavy atom. The second-order valence-corrected chi connectivity index (χ2v) is 9.06. The van der Waals surface area contributed by atoms with Crippen LogP contribution in [0.1, 0.15) is 11.1 Å². The zero-order valence-corrected chi connectivity index (χ0v) is 21.0. The molecule has 38 heavy (non-hydrogen) atoms. The highest BCUT2D eigenvalue weighted by Crippen LogP contribution is 2.33. The molecule has 0 N–H and O–H groups in total. The first-order valence-corrected chi connectivity index (χ1v) is 12.7. The average molecular weight is 490 g/mol. The van der Waals surface area contributed by atoms with E-state index in [-0.39, 0.29) is 0 Å². The molecule has 0 fully saturated rings. The number of benzene rings is 5. The first kappa shape index (κ1) is 23.3. The van der Waals surface area contributed by atoms with E-state index in [0.29, 0.717) is 0 Å². The summed E-state index contributed by atoms with van der Waals surface area (Å²) in [5.74, 6) is 1.61. The Labute approximate surface area is 223 Å². The van der Waals surface area contributed by atoms with Crippen molar-refractivity contribution in [1.29, 1.82) is 0 Å². The third-order valence-corrected chi connectivity index (χ3v) is 6.66. The van der Waals surface area contributed by atoms with Gasteiger partial charge in [-0.05, 0) is 59.7 Å². The van der Waals surface area contributed by atoms with Crippen molar-refractivity contribution in [3.8, 4) is 17.2 Å². The van der Waals surface area contributed by atoms with Crippen molar-refractivity contribution in [2.24, 2.45) is 0 Å². The lowest BCUT2D eigenvalue weighted by molar-refractivity contribution is 0.481. The summed E-state index contributed by atoms with van der Waals surface area (Å²) in [7, 11) is 0. The van der Waals surface area contributed by atoms with Gasteiger partial charge in [0.15, 0.2) is 0 Å². The van der Waals surface area contributed by atoms with Crippen LogP contribution in [0.3, 0.4) is 0 Å². The zero-order chi connectivity index (χ0) is 25.7. The molecule has 0 unspecified atom stereocenters. The van der Waals surface area contributed by atoms with Crippen LogP contribution in [0.4, 0.5) is 0 Å². The lowest BCUT2D eigenvalue weighted by Gasteiger charge is -2.11. The molecule has 2 nitrogen and oxygen atoms in total. The molecule has 182 valence electrons. The molecule has 0 saturated carbocycles. The van der Waals surface area contributed by atoms with E-state index in [9.17, 15) is 0 Å². The molecular formula is C36H27NO. The van der Waals surface area contributed by atoms with Crippen LogP contribution in [0.25, 0.3) is 39.1 Å². The molecule has 2 heteroatoms. The lowest BCUT2D eigenvalue weighted by atomic mass is 10.0. The monoisotopic (exact) mass is 489 g/mol. The highest BCUT2D eigenvalue weighted by molar-refractivity contribution is 6.09. The molecule has 6 rings (SSSR count). The van der Waals surface area contributed by atoms with Crippen molar-refractivity contribution < 1.29 is 4.74 Å². The average Bonchev–Trinajstić information content (AvgIpc) is 3.31. The Bertz CT molecular complexity index is 1790. The first-order chi connectivity index (χ1) is 18.8. The summed E-state index contributed by atoms with van der Waals surface area (Å²) in [5.41, 5.74) is 6.70. The molecule has 1 aromatic heterocycles. The molecule has 0 radical (unpaired) electrons. The van der Waals surface area contributed by atoms with Crippen LogP contribution in [0.15, 0.2) is 152 Å². The van der Waals surface area contributed by atoms with Crippen LogP contribution in [0.2, 0.25) is 0 Å². The van der Waals surface area contributed by atoms with Gasteiger partial charge in [0.25, 0.3) is 0 Å². The minimum atomic E-state index is 0.799. The Morgan fingerprint density at radius 1 is 0.658 bits per heavy atom. The smallest absolute Gasteiger partial charge is 0.135 e. The summed E-state index contributed by atoms with van der Waals surface area (Å²) in [6.07, 6.45) is 8.16. The number of aromatic nitrogens is 1. The zero-order valence-electron chi connectivity index (χ0n) is 21.0. The van der Waals surface area contributed by atoms with Gasteiger partial charge in [0, 0.05) is 22.0 Å². The van der Waals surface area contributed by atoms with Gasteiger partial charge >= 0.3 is 0 Å². The number of para-hydroxylation sites is 4. The van der Waals surface area contributed by atoms with Crippen LogP contribution in [-0.2, 0) is 0 Å². The van der Waals surface area contributed by atoms with Crippen LogP contribution in [0.5, 0.6) is 11.5 Å². The van der Waals surface area contributed by atoms with Crippen molar-refractivity contribution >= 4 is 33.5 Å². The Hall–Kier alpha value is -5.08. The van der Waals surface area contributed by atoms with E-state index in [1.54, 1.807) is 0 Å². The molecule has 0 aliphatic heterocycles. The Balaban J connectivity index is 1.35. The van der Waals surface area contributed by atoms with Gasteiger partial charge in [-0.1, -0.05) is 110 Å². The molecule has 1 heterocycles. The number of nitrogens with zero attached hydrogens (tertiary/aromatic N) is 1. The standard InChI is InChI=1S/C36H27NO/c1-2-28(31-20-10-12-23-36(31)38-30-18-7-4-8-19-30)15-13-14-27-24-25-35-33(26-27)32-21-9-11-22-34(32)37(35)29-16-5-3-6-17-29/h2-26H,1H2. The van der Waals surface area contributed by atoms with E-state index in [1.165, 1.54) is 21.8 Å². The Kier molecular flexibility index (Phi) is 6.44. The van der Waals surface area contributed by atoms with Crippen molar-refractivity contribution in [1.82, 2.24) is 4.57 Å². The van der Waals surface area contributed by atoms with Gasteiger partial charge in [0.1, 0.15) is 11.5 Å². The summed E-state index contributed by atoms with van der Waals surface area (Å²) in [5, 5.41) is 2.48. The summed E-state index contributed by atoms with van der Waals surface area (Å²) < 4.78 is 8.50. The Morgan fingerprint density at radius 2 is 1.34 bits per heavy atom. The maximum absolute atomic E-state index is 6.17. The molecule has 0 spiro atoms. The number of hydrogen-bond donors (Lipinski definition) is 0. The molecule has 0 atom stereocenters. The number of ether oxygens (including phenoxy) is 1. The molecule has 0 aliphatic rings. The molecular weight excluding hydrogens is 462 g/mol. The number of allylic oxidation sites excluding steroid dienone is 4. The normalized spacial score (nSPS) is 11.8. The number of fused-ring (bicyclic) bond motifs is 3. The highest BCUT2D eigenvalue weighted by atomic mass is 16.5. The fourth-order valence-electron chi connectivity index (χ4n) is 4.89. The van der Waals surface area contributed by atoms with Gasteiger partial charge in [0.2, 0.25) is 0 Å². The molecule has 0 bridgehead atoms. The van der Waals surface area contributed by atoms with Crippen molar-refractivity contribution in [3.05, 3.63) is 163 Å². The fourth-order valence-corrected chi connectivity index (χ4v) is 4.89. The number of rotatable bonds is 7. The first-order valence-electron chi connectivity index (χ1n) is 12.7. The molecule has 0 amide bonds. The minimum Gasteiger partial charge on any atom is -0.457 e. The van der Waals surface area contributed by atoms with Crippen LogP contribution in [0, 0.1) is 0 Å². The summed E-state index contributed by atoms with van der Waals surface area (Å²) >= 11 is 0. The van der Waals surface area contributed by atoms with Gasteiger partial charge < -0.3 is 9.30 Å². The fraction of sp³-hybridized carbons (Fsp3) is 0. The molecule has 6 aromatic rings. The molecule has 0 aliphatic carbocycles. The second kappa shape index (κ2) is 10.5. The van der Waals surface area contributed by atoms with Crippen LogP contribution < -0.4 is 4.74 Å². The predicted molar refractivity (Wildman–Crippen MR) is 161 cm³/mol. The second-order valence-electron chi connectivity index (χ2n) is 9.06. The maximum atomic E-state index is 6.17. The van der Waals surface area contributed by atoms with Gasteiger partial charge in [0.05, 0.1) is 11.0 Å². The minimum absolute atomic E-state index is 0.799. The van der Waals surface area contributed by atoms with E-state index >= 15 is 0 Å². The topological polar surface area (TPSA) is 14.2 Å². The number of hydrogen-bond acceptors (Lipinski definition) is 1. The summed E-state index contributed by atoms with van der Waals surface area (Å²) in [4.78, 5) is 0. The van der Waals surface area contributed by atoms with Gasteiger partial charge in [-0.25, -0.2) is 0 Å². The van der Waals surface area contributed by atoms with Crippen LogP contribution >= 0.6 is 0 Å². The largest absolute Gasteiger partial charge is 0.457 e. The predicted octanol–water partition coefficient (Wildman–Crippen LogP) is 9.86. The quantitative estimate of drug-likeness (QED) is 0.204. The van der Waals surface area contributed by atoms with Crippen molar-refractivity contribution in [2.45, 2.75) is 0 Å². The van der Waals surface area contributed by atoms with Crippen molar-refractivity contribution in [2.75, 3.05) is 0 Å². The third-order valence-electron chi connectivity index (χ3n) is 6.66. The summed E-state index contributed by atoms with van der Waals surface area (Å²) in [6.45, 7) is 4.06. The van der Waals surface area contributed by atoms with E-state index in [1.807, 2.05) is 54.6 Å². The third kappa shape index (κ3) is 4.56. The van der Waals surface area contributed by atoms with E-state index < -0.39 is 0 Å². The van der Waals surface area contributed by atoms with Gasteiger partial charge in [-0.15, -0.1) is 0 Å². The SMILES string of the molecule is C=CC(=CC=Cc1ccc2c(c1)c1ccccc1n2-c1ccccc1)c1ccccc1Oc1ccccc1. The van der Waals surface area contributed by atoms with E-state index in [4.69, 9.17) is 4.74 Å².